The van der Waals surface area contributed by atoms with Gasteiger partial charge in [0, 0.05) is 16.1 Å². The molecule has 96 valence electrons. The predicted octanol–water partition coefficient (Wildman–Crippen LogP) is 5.02. The van der Waals surface area contributed by atoms with Gasteiger partial charge in [-0.15, -0.1) is 11.3 Å². The van der Waals surface area contributed by atoms with Crippen LogP contribution in [0.1, 0.15) is 12.5 Å². The van der Waals surface area contributed by atoms with E-state index in [0.29, 0.717) is 0 Å². The molecule has 0 unspecified atom stereocenters. The minimum Gasteiger partial charge on any atom is -0.276 e. The Balaban J connectivity index is 2.10. The zero-order valence-electron chi connectivity index (χ0n) is 10.5. The molecular weight excluding hydrogens is 276 g/mol. The van der Waals surface area contributed by atoms with E-state index < -0.39 is 0 Å². The van der Waals surface area contributed by atoms with Crippen LogP contribution in [0.5, 0.6) is 0 Å². The summed E-state index contributed by atoms with van der Waals surface area (Å²) in [5, 5.41) is 10.5. The summed E-state index contributed by atoms with van der Waals surface area (Å²) >= 11 is 7.66. The van der Waals surface area contributed by atoms with E-state index in [2.05, 4.69) is 34.6 Å². The molecule has 3 aromatic rings. The third-order valence-corrected chi connectivity index (χ3v) is 4.25. The molecular formula is C15H13ClN2S. The van der Waals surface area contributed by atoms with Crippen molar-refractivity contribution >= 4 is 22.9 Å². The van der Waals surface area contributed by atoms with Crippen LogP contribution in [-0.2, 0) is 6.42 Å². The van der Waals surface area contributed by atoms with Crippen LogP contribution in [0.2, 0.25) is 5.02 Å². The van der Waals surface area contributed by atoms with Crippen molar-refractivity contribution in [3.63, 3.8) is 0 Å². The standard InChI is InChI=1S/C15H13ClN2S/c1-2-12-14(10-5-7-11(16)8-6-10)17-18-15(12)13-4-3-9-19-13/h3-9H,2H2,1H3,(H,17,18). The lowest BCUT2D eigenvalue weighted by Crippen LogP contribution is -1.86. The quantitative estimate of drug-likeness (QED) is 0.720. The maximum absolute atomic E-state index is 5.93. The fourth-order valence-electron chi connectivity index (χ4n) is 2.18. The Kier molecular flexibility index (Phi) is 3.40. The molecule has 4 heteroatoms. The molecule has 19 heavy (non-hydrogen) atoms. The molecule has 0 aliphatic rings. The van der Waals surface area contributed by atoms with Crippen LogP contribution >= 0.6 is 22.9 Å². The van der Waals surface area contributed by atoms with Gasteiger partial charge >= 0.3 is 0 Å². The van der Waals surface area contributed by atoms with Crippen molar-refractivity contribution in [3.05, 3.63) is 52.4 Å². The smallest absolute Gasteiger partial charge is 0.0959 e. The van der Waals surface area contributed by atoms with E-state index in [1.165, 1.54) is 10.4 Å². The van der Waals surface area contributed by atoms with Crippen molar-refractivity contribution in [3.8, 4) is 21.8 Å². The lowest BCUT2D eigenvalue weighted by atomic mass is 10.0. The first-order valence-electron chi connectivity index (χ1n) is 6.16. The van der Waals surface area contributed by atoms with Crippen LogP contribution in [0.4, 0.5) is 0 Å². The molecule has 1 aromatic carbocycles. The second-order valence-corrected chi connectivity index (χ2v) is 5.65. The number of thiophene rings is 1. The number of nitrogens with one attached hydrogen (secondary N) is 1. The molecule has 1 N–H and O–H groups in total. The van der Waals surface area contributed by atoms with E-state index >= 15 is 0 Å². The van der Waals surface area contributed by atoms with Gasteiger partial charge in [0.2, 0.25) is 0 Å². The predicted molar refractivity (Wildman–Crippen MR) is 81.7 cm³/mol. The molecule has 0 spiro atoms. The van der Waals surface area contributed by atoms with Crippen LogP contribution in [0.15, 0.2) is 41.8 Å². The maximum atomic E-state index is 5.93. The average Bonchev–Trinajstić information content (AvgIpc) is 3.08. The summed E-state index contributed by atoms with van der Waals surface area (Å²) in [5.41, 5.74) is 4.50. The minimum absolute atomic E-state index is 0.746. The zero-order valence-corrected chi connectivity index (χ0v) is 12.1. The third-order valence-electron chi connectivity index (χ3n) is 3.11. The summed E-state index contributed by atoms with van der Waals surface area (Å²) in [6.07, 6.45) is 0.946. The highest BCUT2D eigenvalue weighted by Crippen LogP contribution is 2.33. The van der Waals surface area contributed by atoms with Crippen molar-refractivity contribution in [2.45, 2.75) is 13.3 Å². The SMILES string of the molecule is CCc1c(-c2ccc(Cl)cc2)n[nH]c1-c1cccs1. The van der Waals surface area contributed by atoms with E-state index in [-0.39, 0.29) is 0 Å². The van der Waals surface area contributed by atoms with Gasteiger partial charge in [0.15, 0.2) is 0 Å². The third kappa shape index (κ3) is 2.31. The summed E-state index contributed by atoms with van der Waals surface area (Å²) in [5.74, 6) is 0. The van der Waals surface area contributed by atoms with Crippen molar-refractivity contribution in [1.29, 1.82) is 0 Å². The van der Waals surface area contributed by atoms with Gasteiger partial charge in [0.1, 0.15) is 0 Å². The van der Waals surface area contributed by atoms with Crippen LogP contribution in [0.25, 0.3) is 21.8 Å². The van der Waals surface area contributed by atoms with Gasteiger partial charge in [-0.25, -0.2) is 0 Å². The first kappa shape index (κ1) is 12.5. The largest absolute Gasteiger partial charge is 0.276 e. The highest BCUT2D eigenvalue weighted by Gasteiger charge is 2.15. The van der Waals surface area contributed by atoms with E-state index in [4.69, 9.17) is 11.6 Å². The molecule has 0 atom stereocenters. The number of aromatic nitrogens is 2. The summed E-state index contributed by atoms with van der Waals surface area (Å²) in [4.78, 5) is 1.23. The Labute approximate surface area is 121 Å². The molecule has 2 aromatic heterocycles. The van der Waals surface area contributed by atoms with E-state index in [1.807, 2.05) is 24.3 Å². The molecule has 2 heterocycles. The second kappa shape index (κ2) is 5.19. The van der Waals surface area contributed by atoms with Crippen LogP contribution in [0, 0.1) is 0 Å². The molecule has 0 aliphatic heterocycles. The lowest BCUT2D eigenvalue weighted by molar-refractivity contribution is 1.10. The summed E-state index contributed by atoms with van der Waals surface area (Å²) in [7, 11) is 0. The number of nitrogens with zero attached hydrogens (tertiary/aromatic N) is 1. The lowest BCUT2D eigenvalue weighted by Gasteiger charge is -2.02. The summed E-state index contributed by atoms with van der Waals surface area (Å²) in [6.45, 7) is 2.15. The highest BCUT2D eigenvalue weighted by molar-refractivity contribution is 7.13. The summed E-state index contributed by atoms with van der Waals surface area (Å²) < 4.78 is 0. The van der Waals surface area contributed by atoms with Gasteiger partial charge in [0.25, 0.3) is 0 Å². The van der Waals surface area contributed by atoms with Crippen LogP contribution in [0.3, 0.4) is 0 Å². The number of hydrogen-bond acceptors (Lipinski definition) is 2. The van der Waals surface area contributed by atoms with Crippen LogP contribution in [-0.4, -0.2) is 10.2 Å². The molecule has 0 bridgehead atoms. The Hall–Kier alpha value is -1.58. The first-order valence-corrected chi connectivity index (χ1v) is 7.42. The summed E-state index contributed by atoms with van der Waals surface area (Å²) in [6, 6.07) is 12.0. The fourth-order valence-corrected chi connectivity index (χ4v) is 3.05. The second-order valence-electron chi connectivity index (χ2n) is 4.26. The van der Waals surface area contributed by atoms with Gasteiger partial charge in [-0.05, 0) is 30.0 Å². The number of halogens is 1. The van der Waals surface area contributed by atoms with E-state index in [0.717, 1.165) is 28.4 Å². The van der Waals surface area contributed by atoms with Crippen molar-refractivity contribution in [2.24, 2.45) is 0 Å². The number of benzene rings is 1. The monoisotopic (exact) mass is 288 g/mol. The molecule has 0 aliphatic carbocycles. The normalized spacial score (nSPS) is 10.8. The number of hydrogen-bond donors (Lipinski definition) is 1. The molecule has 0 saturated heterocycles. The Morgan fingerprint density at radius 2 is 2.00 bits per heavy atom. The Morgan fingerprint density at radius 1 is 1.21 bits per heavy atom. The van der Waals surface area contributed by atoms with E-state index in [1.54, 1.807) is 11.3 Å². The van der Waals surface area contributed by atoms with Gasteiger partial charge in [-0.3, -0.25) is 5.10 Å². The number of aromatic amines is 1. The van der Waals surface area contributed by atoms with Crippen molar-refractivity contribution in [2.75, 3.05) is 0 Å². The van der Waals surface area contributed by atoms with Gasteiger partial charge in [-0.1, -0.05) is 36.7 Å². The molecule has 0 saturated carbocycles. The average molecular weight is 289 g/mol. The first-order chi connectivity index (χ1) is 9.29. The minimum atomic E-state index is 0.746. The van der Waals surface area contributed by atoms with Crippen molar-refractivity contribution < 1.29 is 0 Å². The molecule has 0 fully saturated rings. The van der Waals surface area contributed by atoms with Gasteiger partial charge < -0.3 is 0 Å². The van der Waals surface area contributed by atoms with Gasteiger partial charge in [0.05, 0.1) is 16.3 Å². The molecule has 3 rings (SSSR count). The maximum Gasteiger partial charge on any atom is 0.0959 e. The molecule has 2 nitrogen and oxygen atoms in total. The van der Waals surface area contributed by atoms with Gasteiger partial charge in [-0.2, -0.15) is 5.10 Å². The fraction of sp³-hybridized carbons (Fsp3) is 0.133. The zero-order chi connectivity index (χ0) is 13.2. The Bertz CT molecular complexity index is 669. The molecule has 0 radical (unpaired) electrons. The van der Waals surface area contributed by atoms with E-state index in [9.17, 15) is 0 Å². The van der Waals surface area contributed by atoms with Crippen LogP contribution < -0.4 is 0 Å². The number of rotatable bonds is 3. The Morgan fingerprint density at radius 3 is 2.63 bits per heavy atom. The number of H-pyrrole nitrogens is 1. The topological polar surface area (TPSA) is 28.7 Å². The molecule has 0 amide bonds. The van der Waals surface area contributed by atoms with Crippen molar-refractivity contribution in [1.82, 2.24) is 10.2 Å². The highest BCUT2D eigenvalue weighted by atomic mass is 35.5.